The Hall–Kier alpha value is -3.15. The molecule has 1 aromatic carbocycles. The van der Waals surface area contributed by atoms with E-state index in [1.807, 2.05) is 12.1 Å². The molecule has 0 bridgehead atoms. The summed E-state index contributed by atoms with van der Waals surface area (Å²) in [7, 11) is 0. The first kappa shape index (κ1) is 12.9. The Bertz CT molecular complexity index is 839. The summed E-state index contributed by atoms with van der Waals surface area (Å²) in [5.74, 6) is -1.53. The summed E-state index contributed by atoms with van der Waals surface area (Å²) >= 11 is 0. The number of aromatic nitrogens is 2. The summed E-state index contributed by atoms with van der Waals surface area (Å²) in [6.45, 7) is 0. The Morgan fingerprint density at radius 3 is 2.71 bits per heavy atom. The molecule has 3 N–H and O–H groups in total. The van der Waals surface area contributed by atoms with Crippen molar-refractivity contribution < 1.29 is 14.7 Å². The van der Waals surface area contributed by atoms with Crippen molar-refractivity contribution in [3.8, 4) is 0 Å². The van der Waals surface area contributed by atoms with Crippen molar-refractivity contribution in [2.24, 2.45) is 0 Å². The Balaban J connectivity index is 1.97. The molecule has 0 aliphatic heterocycles. The van der Waals surface area contributed by atoms with E-state index in [0.29, 0.717) is 11.1 Å². The molecule has 21 heavy (non-hydrogen) atoms. The van der Waals surface area contributed by atoms with Crippen molar-refractivity contribution in [1.29, 1.82) is 0 Å². The zero-order valence-corrected chi connectivity index (χ0v) is 10.8. The van der Waals surface area contributed by atoms with E-state index < -0.39 is 11.9 Å². The largest absolute Gasteiger partial charge is 0.478 e. The highest BCUT2D eigenvalue weighted by atomic mass is 16.4. The first-order valence-corrected chi connectivity index (χ1v) is 6.22. The van der Waals surface area contributed by atoms with Gasteiger partial charge in [0.25, 0.3) is 5.91 Å². The highest BCUT2D eigenvalue weighted by molar-refractivity contribution is 6.13. The van der Waals surface area contributed by atoms with E-state index in [9.17, 15) is 9.59 Å². The number of aromatic amines is 1. The van der Waals surface area contributed by atoms with E-state index in [2.05, 4.69) is 15.3 Å². The predicted octanol–water partition coefficient (Wildman–Crippen LogP) is 2.51. The van der Waals surface area contributed by atoms with E-state index in [1.165, 1.54) is 18.3 Å². The number of aromatic carboxylic acids is 1. The number of nitrogens with zero attached hydrogens (tertiary/aromatic N) is 1. The number of carboxylic acids is 1. The zero-order valence-electron chi connectivity index (χ0n) is 10.8. The molecule has 0 atom stereocenters. The number of carbonyl (C=O) groups excluding carboxylic acids is 1. The molecule has 0 aliphatic rings. The first-order chi connectivity index (χ1) is 10.2. The second-order valence-electron chi connectivity index (χ2n) is 4.41. The van der Waals surface area contributed by atoms with Crippen LogP contribution in [0.5, 0.6) is 0 Å². The molecule has 2 heterocycles. The summed E-state index contributed by atoms with van der Waals surface area (Å²) < 4.78 is 0. The minimum atomic E-state index is -1.14. The van der Waals surface area contributed by atoms with Crippen LogP contribution < -0.4 is 5.32 Å². The van der Waals surface area contributed by atoms with Gasteiger partial charge in [0.1, 0.15) is 11.4 Å². The summed E-state index contributed by atoms with van der Waals surface area (Å²) in [4.78, 5) is 30.4. The van der Waals surface area contributed by atoms with Crippen molar-refractivity contribution in [1.82, 2.24) is 9.97 Å². The number of carbonyl (C=O) groups is 2. The number of amides is 1. The van der Waals surface area contributed by atoms with Crippen molar-refractivity contribution in [2.75, 3.05) is 5.32 Å². The monoisotopic (exact) mass is 281 g/mol. The molecule has 0 radical (unpaired) electrons. The summed E-state index contributed by atoms with van der Waals surface area (Å²) in [5.41, 5.74) is 1.08. The number of rotatable bonds is 3. The number of hydrogen-bond acceptors (Lipinski definition) is 3. The van der Waals surface area contributed by atoms with E-state index in [1.54, 1.807) is 18.3 Å². The van der Waals surface area contributed by atoms with Crippen LogP contribution >= 0.6 is 0 Å². The van der Waals surface area contributed by atoms with Gasteiger partial charge in [-0.05, 0) is 24.3 Å². The topological polar surface area (TPSA) is 95.1 Å². The third-order valence-corrected chi connectivity index (χ3v) is 3.10. The summed E-state index contributed by atoms with van der Waals surface area (Å²) in [6, 6.07) is 10.1. The van der Waals surface area contributed by atoms with Crippen molar-refractivity contribution in [2.45, 2.75) is 0 Å². The van der Waals surface area contributed by atoms with Crippen LogP contribution in [0.1, 0.15) is 20.7 Å². The van der Waals surface area contributed by atoms with Crippen LogP contribution in [0.2, 0.25) is 0 Å². The molecule has 0 spiro atoms. The standard InChI is InChI=1S/C15H11N3O3/c19-14(10-4-1-3-9-6-8-16-12(9)10)18-13-11(15(20)21)5-2-7-17-13/h1-8,16H,(H,20,21)(H,17,18,19). The number of carboxylic acid groups (broad SMARTS) is 1. The van der Waals surface area contributed by atoms with Crippen LogP contribution in [0, 0.1) is 0 Å². The van der Waals surface area contributed by atoms with Crippen LogP contribution in [-0.2, 0) is 0 Å². The van der Waals surface area contributed by atoms with E-state index in [4.69, 9.17) is 5.11 Å². The second kappa shape index (κ2) is 5.09. The lowest BCUT2D eigenvalue weighted by molar-refractivity contribution is 0.0697. The smallest absolute Gasteiger partial charge is 0.339 e. The number of anilines is 1. The SMILES string of the molecule is O=C(O)c1cccnc1NC(=O)c1cccc2cc[nH]c12. The molecule has 3 rings (SSSR count). The maximum Gasteiger partial charge on any atom is 0.339 e. The van der Waals surface area contributed by atoms with E-state index in [-0.39, 0.29) is 11.4 Å². The molecule has 2 aromatic heterocycles. The average molecular weight is 281 g/mol. The normalized spacial score (nSPS) is 10.5. The maximum absolute atomic E-state index is 12.3. The molecule has 6 nitrogen and oxygen atoms in total. The van der Waals surface area contributed by atoms with Gasteiger partial charge in [-0.2, -0.15) is 0 Å². The molecule has 3 aromatic rings. The molecule has 0 aliphatic carbocycles. The lowest BCUT2D eigenvalue weighted by Gasteiger charge is -2.07. The van der Waals surface area contributed by atoms with Crippen molar-refractivity contribution in [3.05, 3.63) is 59.9 Å². The fourth-order valence-electron chi connectivity index (χ4n) is 2.13. The lowest BCUT2D eigenvalue weighted by Crippen LogP contribution is -2.16. The number of benzene rings is 1. The van der Waals surface area contributed by atoms with Crippen LogP contribution in [0.4, 0.5) is 5.82 Å². The van der Waals surface area contributed by atoms with Crippen molar-refractivity contribution in [3.63, 3.8) is 0 Å². The fraction of sp³-hybridized carbons (Fsp3) is 0. The number of fused-ring (bicyclic) bond motifs is 1. The number of para-hydroxylation sites is 1. The van der Waals surface area contributed by atoms with Gasteiger partial charge in [0.2, 0.25) is 0 Å². The van der Waals surface area contributed by atoms with Gasteiger partial charge in [0.05, 0.1) is 11.1 Å². The minimum Gasteiger partial charge on any atom is -0.478 e. The van der Waals surface area contributed by atoms with Gasteiger partial charge in [-0.15, -0.1) is 0 Å². The van der Waals surface area contributed by atoms with Gasteiger partial charge in [0.15, 0.2) is 0 Å². The zero-order chi connectivity index (χ0) is 14.8. The number of nitrogens with one attached hydrogen (secondary N) is 2. The van der Waals surface area contributed by atoms with Gasteiger partial charge >= 0.3 is 5.97 Å². The number of H-pyrrole nitrogens is 1. The van der Waals surface area contributed by atoms with Gasteiger partial charge in [0, 0.05) is 17.8 Å². The molecular weight excluding hydrogens is 270 g/mol. The van der Waals surface area contributed by atoms with E-state index >= 15 is 0 Å². The Morgan fingerprint density at radius 1 is 1.10 bits per heavy atom. The molecule has 6 heteroatoms. The van der Waals surface area contributed by atoms with Gasteiger partial charge in [-0.1, -0.05) is 12.1 Å². The molecule has 1 amide bonds. The van der Waals surface area contributed by atoms with Gasteiger partial charge in [-0.3, -0.25) is 4.79 Å². The Labute approximate surface area is 119 Å². The number of pyridine rings is 1. The highest BCUT2D eigenvalue weighted by Gasteiger charge is 2.16. The Kier molecular flexibility index (Phi) is 3.12. The first-order valence-electron chi connectivity index (χ1n) is 6.22. The summed E-state index contributed by atoms with van der Waals surface area (Å²) in [5, 5.41) is 12.5. The fourth-order valence-corrected chi connectivity index (χ4v) is 2.13. The van der Waals surface area contributed by atoms with Crippen molar-refractivity contribution >= 4 is 28.6 Å². The highest BCUT2D eigenvalue weighted by Crippen LogP contribution is 2.19. The van der Waals surface area contributed by atoms with E-state index in [0.717, 1.165) is 5.39 Å². The maximum atomic E-state index is 12.3. The van der Waals surface area contributed by atoms with Gasteiger partial charge < -0.3 is 15.4 Å². The minimum absolute atomic E-state index is 0.0264. The van der Waals surface area contributed by atoms with Crippen LogP contribution in [0.25, 0.3) is 10.9 Å². The molecule has 104 valence electrons. The van der Waals surface area contributed by atoms with Crippen LogP contribution in [-0.4, -0.2) is 27.0 Å². The average Bonchev–Trinajstić information content (AvgIpc) is 2.95. The third-order valence-electron chi connectivity index (χ3n) is 3.10. The van der Waals surface area contributed by atoms with Crippen LogP contribution in [0.3, 0.4) is 0 Å². The lowest BCUT2D eigenvalue weighted by atomic mass is 10.1. The molecule has 0 fully saturated rings. The van der Waals surface area contributed by atoms with Gasteiger partial charge in [-0.25, -0.2) is 9.78 Å². The van der Waals surface area contributed by atoms with Crippen LogP contribution in [0.15, 0.2) is 48.8 Å². The third kappa shape index (κ3) is 2.34. The number of hydrogen-bond donors (Lipinski definition) is 3. The quantitative estimate of drug-likeness (QED) is 0.687. The summed E-state index contributed by atoms with van der Waals surface area (Å²) in [6.07, 6.45) is 3.17. The molecule has 0 saturated heterocycles. The molecule has 0 unspecified atom stereocenters. The molecular formula is C15H11N3O3. The predicted molar refractivity (Wildman–Crippen MR) is 77.4 cm³/mol. The second-order valence-corrected chi connectivity index (χ2v) is 4.41. The molecule has 0 saturated carbocycles. The Morgan fingerprint density at radius 2 is 1.90 bits per heavy atom.